The van der Waals surface area contributed by atoms with E-state index in [0.29, 0.717) is 24.6 Å². The van der Waals surface area contributed by atoms with Gasteiger partial charge in [0.2, 0.25) is 5.95 Å². The number of anilines is 1. The lowest BCUT2D eigenvalue weighted by molar-refractivity contribution is 0.0950. The van der Waals surface area contributed by atoms with Crippen LogP contribution in [-0.2, 0) is 13.0 Å². The number of amides is 1. The summed E-state index contributed by atoms with van der Waals surface area (Å²) in [7, 11) is 0. The third-order valence-corrected chi connectivity index (χ3v) is 4.31. The molecule has 0 saturated carbocycles. The summed E-state index contributed by atoms with van der Waals surface area (Å²) >= 11 is 5.88. The van der Waals surface area contributed by atoms with Gasteiger partial charge in [0, 0.05) is 30.5 Å². The summed E-state index contributed by atoms with van der Waals surface area (Å²) < 4.78 is 0. The summed E-state index contributed by atoms with van der Waals surface area (Å²) in [6.07, 6.45) is 3.89. The van der Waals surface area contributed by atoms with Crippen molar-refractivity contribution >= 4 is 23.5 Å². The van der Waals surface area contributed by atoms with Crippen LogP contribution >= 0.6 is 11.6 Å². The van der Waals surface area contributed by atoms with E-state index in [1.807, 2.05) is 55.5 Å². The second-order valence-electron chi connectivity index (χ2n) is 6.27. The number of hydrogen-bond donors (Lipinski definition) is 2. The summed E-state index contributed by atoms with van der Waals surface area (Å²) in [5, 5.41) is 6.76. The molecule has 6 heteroatoms. The van der Waals surface area contributed by atoms with Gasteiger partial charge in [0.15, 0.2) is 0 Å². The number of carbonyl (C=O) groups excluding carboxylic acids is 1. The van der Waals surface area contributed by atoms with Crippen molar-refractivity contribution in [2.24, 2.45) is 0 Å². The molecular weight excluding hydrogens is 360 g/mol. The molecule has 0 aliphatic carbocycles. The second kappa shape index (κ2) is 9.14. The molecule has 0 radical (unpaired) electrons. The van der Waals surface area contributed by atoms with E-state index in [1.54, 1.807) is 0 Å². The van der Waals surface area contributed by atoms with Crippen LogP contribution in [0.3, 0.4) is 0 Å². The number of halogens is 1. The van der Waals surface area contributed by atoms with Gasteiger partial charge in [-0.15, -0.1) is 0 Å². The first kappa shape index (κ1) is 18.9. The van der Waals surface area contributed by atoms with Crippen LogP contribution in [0, 0.1) is 6.92 Å². The van der Waals surface area contributed by atoms with Crippen molar-refractivity contribution < 1.29 is 4.79 Å². The predicted molar refractivity (Wildman–Crippen MR) is 108 cm³/mol. The SMILES string of the molecule is Cc1cccc(CNC(=O)c2cnc(NCCc3ccc(Cl)cc3)nc2)c1. The third-order valence-electron chi connectivity index (χ3n) is 4.06. The molecule has 1 amide bonds. The number of nitrogens with zero attached hydrogens (tertiary/aromatic N) is 2. The van der Waals surface area contributed by atoms with Crippen molar-refractivity contribution in [3.05, 3.63) is 88.2 Å². The smallest absolute Gasteiger partial charge is 0.254 e. The molecule has 0 saturated heterocycles. The Hall–Kier alpha value is -2.92. The Labute approximate surface area is 163 Å². The average Bonchev–Trinajstić information content (AvgIpc) is 2.68. The first-order valence-electron chi connectivity index (χ1n) is 8.74. The van der Waals surface area contributed by atoms with Crippen LogP contribution in [0.1, 0.15) is 27.0 Å². The topological polar surface area (TPSA) is 66.9 Å². The van der Waals surface area contributed by atoms with Gasteiger partial charge < -0.3 is 10.6 Å². The van der Waals surface area contributed by atoms with Crippen LogP contribution in [0.5, 0.6) is 0 Å². The Kier molecular flexibility index (Phi) is 6.39. The third kappa shape index (κ3) is 5.79. The summed E-state index contributed by atoms with van der Waals surface area (Å²) in [6, 6.07) is 15.8. The van der Waals surface area contributed by atoms with E-state index in [4.69, 9.17) is 11.6 Å². The van der Waals surface area contributed by atoms with Crippen LogP contribution < -0.4 is 10.6 Å². The Balaban J connectivity index is 1.47. The van der Waals surface area contributed by atoms with E-state index in [-0.39, 0.29) is 5.91 Å². The van der Waals surface area contributed by atoms with Gasteiger partial charge in [0.05, 0.1) is 5.56 Å². The van der Waals surface area contributed by atoms with Crippen LogP contribution in [-0.4, -0.2) is 22.4 Å². The minimum Gasteiger partial charge on any atom is -0.354 e. The molecule has 5 nitrogen and oxygen atoms in total. The zero-order valence-corrected chi connectivity index (χ0v) is 15.8. The Bertz CT molecular complexity index is 895. The van der Waals surface area contributed by atoms with Gasteiger partial charge in [0.1, 0.15) is 0 Å². The molecule has 0 aliphatic heterocycles. The lowest BCUT2D eigenvalue weighted by Gasteiger charge is -2.07. The van der Waals surface area contributed by atoms with Crippen molar-refractivity contribution in [2.75, 3.05) is 11.9 Å². The van der Waals surface area contributed by atoms with Gasteiger partial charge >= 0.3 is 0 Å². The van der Waals surface area contributed by atoms with Crippen molar-refractivity contribution in [2.45, 2.75) is 19.9 Å². The maximum Gasteiger partial charge on any atom is 0.254 e. The molecule has 3 aromatic rings. The highest BCUT2D eigenvalue weighted by molar-refractivity contribution is 6.30. The van der Waals surface area contributed by atoms with E-state index in [1.165, 1.54) is 23.5 Å². The molecule has 138 valence electrons. The van der Waals surface area contributed by atoms with E-state index in [2.05, 4.69) is 20.6 Å². The number of nitrogens with one attached hydrogen (secondary N) is 2. The maximum atomic E-state index is 12.2. The van der Waals surface area contributed by atoms with Crippen molar-refractivity contribution in [1.82, 2.24) is 15.3 Å². The van der Waals surface area contributed by atoms with Crippen LogP contribution in [0.25, 0.3) is 0 Å². The van der Waals surface area contributed by atoms with E-state index >= 15 is 0 Å². The molecule has 0 aliphatic rings. The summed E-state index contributed by atoms with van der Waals surface area (Å²) in [6.45, 7) is 3.19. The van der Waals surface area contributed by atoms with E-state index in [0.717, 1.165) is 17.0 Å². The largest absolute Gasteiger partial charge is 0.354 e. The van der Waals surface area contributed by atoms with E-state index in [9.17, 15) is 4.79 Å². The number of rotatable bonds is 7. The fraction of sp³-hybridized carbons (Fsp3) is 0.190. The summed E-state index contributed by atoms with van der Waals surface area (Å²) in [5.74, 6) is 0.309. The zero-order valence-electron chi connectivity index (χ0n) is 15.1. The van der Waals surface area contributed by atoms with Crippen molar-refractivity contribution in [1.29, 1.82) is 0 Å². The van der Waals surface area contributed by atoms with Gasteiger partial charge in [-0.2, -0.15) is 0 Å². The normalized spacial score (nSPS) is 10.4. The average molecular weight is 381 g/mol. The molecule has 3 rings (SSSR count). The Morgan fingerprint density at radius 3 is 2.48 bits per heavy atom. The highest BCUT2D eigenvalue weighted by Gasteiger charge is 2.07. The molecule has 0 unspecified atom stereocenters. The van der Waals surface area contributed by atoms with Gasteiger partial charge in [0.25, 0.3) is 5.91 Å². The maximum absolute atomic E-state index is 12.2. The Morgan fingerprint density at radius 1 is 1.04 bits per heavy atom. The molecule has 0 spiro atoms. The van der Waals surface area contributed by atoms with Crippen LogP contribution in [0.4, 0.5) is 5.95 Å². The molecule has 2 aromatic carbocycles. The lowest BCUT2D eigenvalue weighted by Crippen LogP contribution is -2.23. The van der Waals surface area contributed by atoms with Gasteiger partial charge in [-0.05, 0) is 36.6 Å². The minimum atomic E-state index is -0.191. The fourth-order valence-electron chi connectivity index (χ4n) is 2.61. The van der Waals surface area contributed by atoms with Crippen molar-refractivity contribution in [3.63, 3.8) is 0 Å². The monoisotopic (exact) mass is 380 g/mol. The van der Waals surface area contributed by atoms with Crippen LogP contribution in [0.15, 0.2) is 60.9 Å². The van der Waals surface area contributed by atoms with Gasteiger partial charge in [-0.25, -0.2) is 9.97 Å². The predicted octanol–water partition coefficient (Wildman–Crippen LogP) is 4.02. The van der Waals surface area contributed by atoms with Gasteiger partial charge in [-0.1, -0.05) is 53.6 Å². The molecule has 27 heavy (non-hydrogen) atoms. The highest BCUT2D eigenvalue weighted by Crippen LogP contribution is 2.10. The first-order chi connectivity index (χ1) is 13.1. The minimum absolute atomic E-state index is 0.191. The molecule has 1 heterocycles. The summed E-state index contributed by atoms with van der Waals surface area (Å²) in [5.41, 5.74) is 3.84. The zero-order chi connectivity index (χ0) is 19.1. The van der Waals surface area contributed by atoms with Crippen LogP contribution in [0.2, 0.25) is 5.02 Å². The van der Waals surface area contributed by atoms with E-state index < -0.39 is 0 Å². The molecule has 1 aromatic heterocycles. The highest BCUT2D eigenvalue weighted by atomic mass is 35.5. The quantitative estimate of drug-likeness (QED) is 0.649. The van der Waals surface area contributed by atoms with Crippen molar-refractivity contribution in [3.8, 4) is 0 Å². The Morgan fingerprint density at radius 2 is 1.78 bits per heavy atom. The molecule has 0 bridgehead atoms. The molecular formula is C21H21ClN4O. The second-order valence-corrected chi connectivity index (χ2v) is 6.71. The molecule has 2 N–H and O–H groups in total. The molecule has 0 fully saturated rings. The number of hydrogen-bond acceptors (Lipinski definition) is 4. The standard InChI is InChI=1S/C21H21ClN4O/c1-15-3-2-4-17(11-15)12-24-20(27)18-13-25-21(26-14-18)23-10-9-16-5-7-19(22)8-6-16/h2-8,11,13-14H,9-10,12H2,1H3,(H,24,27)(H,23,25,26). The molecule has 0 atom stereocenters. The lowest BCUT2D eigenvalue weighted by atomic mass is 10.1. The number of benzene rings is 2. The number of aryl methyl sites for hydroxylation is 1. The first-order valence-corrected chi connectivity index (χ1v) is 9.12. The fourth-order valence-corrected chi connectivity index (χ4v) is 2.74. The number of carbonyl (C=O) groups is 1. The van der Waals surface area contributed by atoms with Gasteiger partial charge in [-0.3, -0.25) is 4.79 Å². The summed E-state index contributed by atoms with van der Waals surface area (Å²) in [4.78, 5) is 20.6. The number of aromatic nitrogens is 2.